The molecule has 212 valence electrons. The lowest BCUT2D eigenvalue weighted by Gasteiger charge is -2.17. The van der Waals surface area contributed by atoms with Gasteiger partial charge in [0.1, 0.15) is 0 Å². The van der Waals surface area contributed by atoms with Crippen molar-refractivity contribution >= 4 is 52.0 Å². The number of hydrogen-bond acceptors (Lipinski definition) is 1. The van der Waals surface area contributed by atoms with Gasteiger partial charge in [-0.25, -0.2) is 0 Å². The Kier molecular flexibility index (Phi) is 11.4. The first-order valence-electron chi connectivity index (χ1n) is 14.2. The van der Waals surface area contributed by atoms with Gasteiger partial charge in [0.05, 0.1) is 0 Å². The van der Waals surface area contributed by atoms with Crippen LogP contribution in [0.5, 0.6) is 0 Å². The Morgan fingerprint density at radius 1 is 0.714 bits per heavy atom. The first-order chi connectivity index (χ1) is 20.3. The van der Waals surface area contributed by atoms with Gasteiger partial charge in [-0.1, -0.05) is 124 Å². The summed E-state index contributed by atoms with van der Waals surface area (Å²) in [5.41, 5.74) is 11.4. The fourth-order valence-electron chi connectivity index (χ4n) is 5.31. The standard InChI is InChI=1S/C41H42S/c1-11-18-23-36-28(8)34-24-19-20-25-35(34)29(9)39(36)27-32(15-5)31(14-4)26-33(16-6)38(22-13-3)41-30(10)37(21-12-2)40(17-7)42-41/h11-27H,1,3,5-7H2,2,4,8-10H3/b21-12-,23-18-,31-14+,32-27+,33-26+,38-22-. The molecule has 0 amide bonds. The van der Waals surface area contributed by atoms with Gasteiger partial charge in [-0.2, -0.15) is 0 Å². The highest BCUT2D eigenvalue weighted by Gasteiger charge is 2.17. The molecule has 3 rings (SSSR count). The minimum Gasteiger partial charge on any atom is -0.135 e. The van der Waals surface area contributed by atoms with Crippen molar-refractivity contribution in [3.05, 3.63) is 172 Å². The number of allylic oxidation sites excluding steroid dienone is 13. The minimum absolute atomic E-state index is 1.01. The van der Waals surface area contributed by atoms with E-state index in [1.807, 2.05) is 43.4 Å². The second-order valence-electron chi connectivity index (χ2n) is 9.92. The van der Waals surface area contributed by atoms with E-state index in [0.717, 1.165) is 27.2 Å². The van der Waals surface area contributed by atoms with Crippen LogP contribution < -0.4 is 0 Å². The zero-order chi connectivity index (χ0) is 30.8. The molecule has 2 aromatic carbocycles. The van der Waals surface area contributed by atoms with Crippen molar-refractivity contribution in [2.24, 2.45) is 0 Å². The third-order valence-corrected chi connectivity index (χ3v) is 8.84. The lowest BCUT2D eigenvalue weighted by molar-refractivity contribution is 1.40. The van der Waals surface area contributed by atoms with Crippen LogP contribution in [0.15, 0.2) is 129 Å². The summed E-state index contributed by atoms with van der Waals surface area (Å²) in [5.74, 6) is 0. The maximum Gasteiger partial charge on any atom is 0.0390 e. The number of benzene rings is 2. The van der Waals surface area contributed by atoms with E-state index in [9.17, 15) is 0 Å². The van der Waals surface area contributed by atoms with Crippen molar-refractivity contribution in [3.8, 4) is 0 Å². The van der Waals surface area contributed by atoms with Crippen molar-refractivity contribution < 1.29 is 0 Å². The molecule has 0 nitrogen and oxygen atoms in total. The molecule has 0 aliphatic heterocycles. The molecule has 0 bridgehead atoms. The molecule has 1 aromatic heterocycles. The first kappa shape index (κ1) is 32.1. The Hall–Kier alpha value is -4.46. The van der Waals surface area contributed by atoms with E-state index in [2.05, 4.69) is 127 Å². The Bertz CT molecular complexity index is 1730. The maximum atomic E-state index is 4.22. The van der Waals surface area contributed by atoms with E-state index in [1.165, 1.54) is 49.0 Å². The number of thiophene rings is 1. The van der Waals surface area contributed by atoms with Crippen LogP contribution in [-0.2, 0) is 0 Å². The Morgan fingerprint density at radius 2 is 1.36 bits per heavy atom. The molecule has 1 heteroatoms. The SMILES string of the molecule is C=C/C=C\c1c(/C=C(C=C)/C(/C=C(C=C)/C(=C/C=C)c2sc(C=C)c(/C=C\C)c2C)=C/C)c(C)c2ccccc2c1C. The highest BCUT2D eigenvalue weighted by atomic mass is 32.1. The fraction of sp³-hybridized carbons (Fsp3) is 0.122. The molecule has 0 atom stereocenters. The minimum atomic E-state index is 1.01. The van der Waals surface area contributed by atoms with Crippen LogP contribution in [0.2, 0.25) is 0 Å². The molecule has 1 heterocycles. The van der Waals surface area contributed by atoms with Gasteiger partial charge in [-0.05, 0) is 113 Å². The van der Waals surface area contributed by atoms with Crippen molar-refractivity contribution in [2.45, 2.75) is 34.6 Å². The zero-order valence-electron chi connectivity index (χ0n) is 25.8. The summed E-state index contributed by atoms with van der Waals surface area (Å²) >= 11 is 1.74. The molecule has 0 aliphatic rings. The summed E-state index contributed by atoms with van der Waals surface area (Å²) in [4.78, 5) is 2.33. The van der Waals surface area contributed by atoms with Crippen molar-refractivity contribution in [2.75, 3.05) is 0 Å². The third kappa shape index (κ3) is 6.54. The topological polar surface area (TPSA) is 0 Å². The molecule has 0 radical (unpaired) electrons. The van der Waals surface area contributed by atoms with Crippen LogP contribution in [0.1, 0.15) is 57.0 Å². The second-order valence-corrected chi connectivity index (χ2v) is 11.0. The number of rotatable bonds is 12. The Morgan fingerprint density at radius 3 is 1.88 bits per heavy atom. The Labute approximate surface area is 257 Å². The van der Waals surface area contributed by atoms with E-state index < -0.39 is 0 Å². The second kappa shape index (κ2) is 15.0. The van der Waals surface area contributed by atoms with Crippen molar-refractivity contribution in [1.29, 1.82) is 0 Å². The molecule has 0 saturated carbocycles. The summed E-state index contributed by atoms with van der Waals surface area (Å²) in [5, 5.41) is 2.52. The van der Waals surface area contributed by atoms with Crippen LogP contribution in [0.4, 0.5) is 0 Å². The Balaban J connectivity index is 2.28. The van der Waals surface area contributed by atoms with Crippen molar-refractivity contribution in [1.82, 2.24) is 0 Å². The van der Waals surface area contributed by atoms with Gasteiger partial charge >= 0.3 is 0 Å². The molecule has 0 unspecified atom stereocenters. The smallest absolute Gasteiger partial charge is 0.0390 e. The lowest BCUT2D eigenvalue weighted by Crippen LogP contribution is -1.96. The summed E-state index contributed by atoms with van der Waals surface area (Å²) in [6.07, 6.45) is 26.5. The maximum absolute atomic E-state index is 4.22. The van der Waals surface area contributed by atoms with Gasteiger partial charge in [-0.15, -0.1) is 11.3 Å². The lowest BCUT2D eigenvalue weighted by atomic mass is 9.87. The average Bonchev–Trinajstić information content (AvgIpc) is 3.32. The summed E-state index contributed by atoms with van der Waals surface area (Å²) in [6, 6.07) is 8.60. The highest BCUT2D eigenvalue weighted by molar-refractivity contribution is 7.14. The van der Waals surface area contributed by atoms with Crippen LogP contribution >= 0.6 is 11.3 Å². The quantitative estimate of drug-likeness (QED) is 0.191. The average molecular weight is 567 g/mol. The van der Waals surface area contributed by atoms with Crippen molar-refractivity contribution in [3.63, 3.8) is 0 Å². The predicted molar refractivity (Wildman–Crippen MR) is 195 cm³/mol. The van der Waals surface area contributed by atoms with E-state index >= 15 is 0 Å². The van der Waals surface area contributed by atoms with Gasteiger partial charge < -0.3 is 0 Å². The highest BCUT2D eigenvalue weighted by Crippen LogP contribution is 2.39. The van der Waals surface area contributed by atoms with E-state index in [4.69, 9.17) is 0 Å². The molecule has 42 heavy (non-hydrogen) atoms. The largest absolute Gasteiger partial charge is 0.135 e. The molecular weight excluding hydrogens is 525 g/mol. The van der Waals surface area contributed by atoms with E-state index in [-0.39, 0.29) is 0 Å². The fourth-order valence-corrected chi connectivity index (χ4v) is 6.50. The van der Waals surface area contributed by atoms with Crippen LogP contribution in [0.3, 0.4) is 0 Å². The summed E-state index contributed by atoms with van der Waals surface area (Å²) in [6.45, 7) is 31.1. The molecular formula is C41H42S. The zero-order valence-corrected chi connectivity index (χ0v) is 26.6. The summed E-state index contributed by atoms with van der Waals surface area (Å²) < 4.78 is 0. The molecule has 3 aromatic rings. The molecule has 0 spiro atoms. The van der Waals surface area contributed by atoms with Gasteiger partial charge in [0.2, 0.25) is 0 Å². The van der Waals surface area contributed by atoms with Crippen LogP contribution in [0.25, 0.3) is 40.6 Å². The normalized spacial score (nSPS) is 13.3. The van der Waals surface area contributed by atoms with Crippen LogP contribution in [-0.4, -0.2) is 0 Å². The third-order valence-electron chi connectivity index (χ3n) is 7.51. The molecule has 0 fully saturated rings. The molecule has 0 N–H and O–H groups in total. The molecule has 0 saturated heterocycles. The first-order valence-corrected chi connectivity index (χ1v) is 15.0. The monoisotopic (exact) mass is 566 g/mol. The summed E-state index contributed by atoms with van der Waals surface area (Å²) in [7, 11) is 0. The number of fused-ring (bicyclic) bond motifs is 1. The molecule has 0 aliphatic carbocycles. The van der Waals surface area contributed by atoms with E-state index in [1.54, 1.807) is 11.3 Å². The van der Waals surface area contributed by atoms with E-state index in [0.29, 0.717) is 0 Å². The van der Waals surface area contributed by atoms with Crippen LogP contribution in [0, 0.1) is 20.8 Å². The van der Waals surface area contributed by atoms with Gasteiger partial charge in [0.15, 0.2) is 0 Å². The number of hydrogen-bond donors (Lipinski definition) is 0. The van der Waals surface area contributed by atoms with Gasteiger partial charge in [0.25, 0.3) is 0 Å². The van der Waals surface area contributed by atoms with Gasteiger partial charge in [-0.3, -0.25) is 0 Å². The van der Waals surface area contributed by atoms with Gasteiger partial charge in [0, 0.05) is 9.75 Å². The predicted octanol–water partition coefficient (Wildman–Crippen LogP) is 12.6. The number of aryl methyl sites for hydroxylation is 2.